The fraction of sp³-hybridized carbons (Fsp3) is 0.362. The summed E-state index contributed by atoms with van der Waals surface area (Å²) in [6.45, 7) is 2.65. The Hall–Kier alpha value is -6.93. The lowest BCUT2D eigenvalue weighted by molar-refractivity contribution is -0.136. The monoisotopic (exact) mass is 935 g/mol. The minimum absolute atomic E-state index is 0.00270. The van der Waals surface area contributed by atoms with Gasteiger partial charge in [-0.1, -0.05) is 35.9 Å². The smallest absolute Gasteiger partial charge is 0.315 e. The number of aromatic nitrogens is 3. The number of hydrogen-bond acceptors (Lipinski definition) is 14. The maximum atomic E-state index is 13.8. The number of halogens is 1. The van der Waals surface area contributed by atoms with Crippen molar-refractivity contribution in [2.45, 2.75) is 56.7 Å². The molecular weight excluding hydrogens is 886 g/mol. The molecule has 67 heavy (non-hydrogen) atoms. The van der Waals surface area contributed by atoms with Crippen LogP contribution in [0.3, 0.4) is 0 Å². The van der Waals surface area contributed by atoms with Gasteiger partial charge in [0, 0.05) is 55.1 Å². The number of hydrogen-bond donors (Lipinski definition) is 6. The molecule has 0 spiro atoms. The second kappa shape index (κ2) is 22.0. The molecule has 1 unspecified atom stereocenters. The van der Waals surface area contributed by atoms with Crippen LogP contribution in [0.1, 0.15) is 75.2 Å². The van der Waals surface area contributed by atoms with Crippen molar-refractivity contribution < 1.29 is 47.7 Å². The van der Waals surface area contributed by atoms with E-state index in [2.05, 4.69) is 41.5 Å². The number of imide groups is 2. The van der Waals surface area contributed by atoms with Gasteiger partial charge in [-0.3, -0.25) is 34.2 Å². The van der Waals surface area contributed by atoms with Crippen LogP contribution in [-0.2, 0) is 23.8 Å². The van der Waals surface area contributed by atoms with E-state index >= 15 is 0 Å². The summed E-state index contributed by atoms with van der Waals surface area (Å²) in [6.07, 6.45) is 6.27. The highest BCUT2D eigenvalue weighted by Crippen LogP contribution is 2.34. The lowest BCUT2D eigenvalue weighted by Crippen LogP contribution is -2.54. The molecule has 2 aliphatic heterocycles. The minimum atomic E-state index is -1.03. The molecule has 6 amide bonds. The third-order valence-corrected chi connectivity index (χ3v) is 11.9. The van der Waals surface area contributed by atoms with Gasteiger partial charge in [-0.2, -0.15) is 0 Å². The van der Waals surface area contributed by atoms with Crippen LogP contribution >= 0.6 is 11.6 Å². The molecule has 3 aliphatic rings. The molecule has 5 aromatic rings. The fourth-order valence-electron chi connectivity index (χ4n) is 8.28. The lowest BCUT2D eigenvalue weighted by atomic mass is 9.91. The first-order valence-electron chi connectivity index (χ1n) is 22.2. The average Bonchev–Trinajstić information content (AvgIpc) is 3.87. The van der Waals surface area contributed by atoms with Crippen molar-refractivity contribution in [3.05, 3.63) is 107 Å². The third-order valence-electron chi connectivity index (χ3n) is 11.6. The SMILES string of the molecule is O=C1CCC(N2C(=O)c3cccc(NCCOCCOCCOCCNC(=O)NC4CCC(Nc5ncnc6[nH]cc(C(=O)c7ccc(Oc8ccccc8)cc7Cl)c56)CC4)c3C2=O)C(=O)N1. The van der Waals surface area contributed by atoms with Crippen LogP contribution in [0.4, 0.5) is 16.3 Å². The van der Waals surface area contributed by atoms with E-state index in [1.165, 1.54) is 6.33 Å². The number of nitrogens with zero attached hydrogens (tertiary/aromatic N) is 3. The molecule has 0 bridgehead atoms. The lowest BCUT2D eigenvalue weighted by Gasteiger charge is -2.30. The van der Waals surface area contributed by atoms with Gasteiger partial charge in [0.15, 0.2) is 5.78 Å². The van der Waals surface area contributed by atoms with Crippen molar-refractivity contribution in [1.82, 2.24) is 35.8 Å². The van der Waals surface area contributed by atoms with Crippen LogP contribution in [-0.4, -0.2) is 126 Å². The van der Waals surface area contributed by atoms with Crippen LogP contribution in [0.5, 0.6) is 11.5 Å². The number of anilines is 2. The molecule has 1 saturated carbocycles. The Kier molecular flexibility index (Phi) is 15.3. The Morgan fingerprint density at radius 3 is 2.24 bits per heavy atom. The number of para-hydroxylation sites is 1. The Bertz CT molecular complexity index is 2620. The van der Waals surface area contributed by atoms with E-state index in [-0.39, 0.29) is 52.9 Å². The molecular formula is C47H50ClN9O10. The van der Waals surface area contributed by atoms with E-state index < -0.39 is 29.7 Å². The van der Waals surface area contributed by atoms with E-state index in [9.17, 15) is 28.8 Å². The summed E-state index contributed by atoms with van der Waals surface area (Å²) >= 11 is 6.60. The first kappa shape index (κ1) is 46.6. The summed E-state index contributed by atoms with van der Waals surface area (Å²) in [4.78, 5) is 89.5. The molecule has 8 rings (SSSR count). The van der Waals surface area contributed by atoms with Crippen molar-refractivity contribution in [1.29, 1.82) is 0 Å². The summed E-state index contributed by atoms with van der Waals surface area (Å²) in [5.41, 5.74) is 2.09. The summed E-state index contributed by atoms with van der Waals surface area (Å²) < 4.78 is 22.7. The number of aromatic amines is 1. The van der Waals surface area contributed by atoms with E-state index in [1.807, 2.05) is 30.3 Å². The number of carbonyl (C=O) groups excluding carboxylic acids is 6. The topological polar surface area (TPSA) is 244 Å². The Balaban J connectivity index is 0.671. The molecule has 6 N–H and O–H groups in total. The highest BCUT2D eigenvalue weighted by atomic mass is 35.5. The summed E-state index contributed by atoms with van der Waals surface area (Å²) in [5.74, 6) is -0.791. The zero-order chi connectivity index (χ0) is 46.7. The number of urea groups is 1. The van der Waals surface area contributed by atoms with Crippen LogP contribution in [0.2, 0.25) is 5.02 Å². The van der Waals surface area contributed by atoms with E-state index in [4.69, 9.17) is 30.5 Å². The number of ether oxygens (including phenoxy) is 4. The van der Waals surface area contributed by atoms with Crippen LogP contribution in [0.15, 0.2) is 79.3 Å². The van der Waals surface area contributed by atoms with Gasteiger partial charge in [0.1, 0.15) is 35.3 Å². The highest BCUT2D eigenvalue weighted by molar-refractivity contribution is 6.36. The first-order valence-corrected chi connectivity index (χ1v) is 22.5. The highest BCUT2D eigenvalue weighted by Gasteiger charge is 2.45. The summed E-state index contributed by atoms with van der Waals surface area (Å²) in [6, 6.07) is 17.9. The molecule has 19 nitrogen and oxygen atoms in total. The largest absolute Gasteiger partial charge is 0.457 e. The average molecular weight is 936 g/mol. The summed E-state index contributed by atoms with van der Waals surface area (Å²) in [5, 5.41) is 15.6. The standard InChI is InChI=1S/C47H50ClN9O10/c48-35-25-31(67-30-5-2-1-3-6-30)13-14-32(35)41(59)34-26-51-42-40(34)43(53-27-52-42)54-28-9-11-29(12-10-28)55-47(63)50-18-20-65-22-24-66-23-21-64-19-17-49-36-8-4-7-33-39(36)46(62)57(45(33)61)37-15-16-38(58)56-44(37)60/h1-8,13-14,25-29,37,49H,9-12,15-24H2,(H2,50,55,63)(H,56,58,60)(H2,51,52,53,54). The quantitative estimate of drug-likeness (QED) is 0.0314. The van der Waals surface area contributed by atoms with Crippen molar-refractivity contribution in [2.75, 3.05) is 63.4 Å². The number of carbonyl (C=O) groups is 6. The first-order chi connectivity index (χ1) is 32.6. The predicted molar refractivity (Wildman–Crippen MR) is 246 cm³/mol. The number of fused-ring (bicyclic) bond motifs is 2. The van der Waals surface area contributed by atoms with E-state index in [0.29, 0.717) is 97.9 Å². The number of rotatable bonds is 21. The number of ketones is 1. The van der Waals surface area contributed by atoms with Gasteiger partial charge in [0.25, 0.3) is 11.8 Å². The van der Waals surface area contributed by atoms with Gasteiger partial charge in [-0.15, -0.1) is 0 Å². The third kappa shape index (κ3) is 11.4. The molecule has 1 saturated heterocycles. The van der Waals surface area contributed by atoms with Crippen molar-refractivity contribution in [2.24, 2.45) is 0 Å². The molecule has 2 aromatic heterocycles. The van der Waals surface area contributed by atoms with Crippen LogP contribution in [0.25, 0.3) is 11.0 Å². The maximum absolute atomic E-state index is 13.8. The van der Waals surface area contributed by atoms with Gasteiger partial charge in [0.2, 0.25) is 11.8 Å². The normalized spacial score (nSPS) is 18.1. The zero-order valence-electron chi connectivity index (χ0n) is 36.4. The predicted octanol–water partition coefficient (Wildman–Crippen LogP) is 5.22. The molecule has 350 valence electrons. The van der Waals surface area contributed by atoms with Crippen molar-refractivity contribution in [3.63, 3.8) is 0 Å². The number of benzene rings is 3. The van der Waals surface area contributed by atoms with E-state index in [0.717, 1.165) is 30.6 Å². The Labute approximate surface area is 390 Å². The van der Waals surface area contributed by atoms with Crippen LogP contribution in [0, 0.1) is 0 Å². The van der Waals surface area contributed by atoms with Gasteiger partial charge in [0.05, 0.1) is 66.7 Å². The number of nitrogens with one attached hydrogen (secondary N) is 6. The number of H-pyrrole nitrogens is 1. The molecule has 2 fully saturated rings. The number of amides is 6. The molecule has 1 atom stereocenters. The van der Waals surface area contributed by atoms with Crippen molar-refractivity contribution in [3.8, 4) is 11.5 Å². The van der Waals surface area contributed by atoms with Gasteiger partial charge in [-0.05, 0) is 68.5 Å². The van der Waals surface area contributed by atoms with Gasteiger partial charge < -0.3 is 45.2 Å². The minimum Gasteiger partial charge on any atom is -0.457 e. The molecule has 0 radical (unpaired) electrons. The Morgan fingerprint density at radius 1 is 0.761 bits per heavy atom. The molecule has 4 heterocycles. The van der Waals surface area contributed by atoms with Crippen LogP contribution < -0.4 is 31.3 Å². The molecule has 1 aliphatic carbocycles. The van der Waals surface area contributed by atoms with Gasteiger partial charge in [-0.25, -0.2) is 14.8 Å². The summed E-state index contributed by atoms with van der Waals surface area (Å²) in [7, 11) is 0. The zero-order valence-corrected chi connectivity index (χ0v) is 37.2. The fourth-order valence-corrected chi connectivity index (χ4v) is 8.53. The van der Waals surface area contributed by atoms with Crippen molar-refractivity contribution >= 4 is 69.6 Å². The maximum Gasteiger partial charge on any atom is 0.315 e. The van der Waals surface area contributed by atoms with Gasteiger partial charge >= 0.3 is 6.03 Å². The number of piperidine rings is 1. The molecule has 20 heteroatoms. The Morgan fingerprint density at radius 2 is 1.49 bits per heavy atom. The second-order valence-electron chi connectivity index (χ2n) is 16.1. The second-order valence-corrected chi connectivity index (χ2v) is 16.5. The van der Waals surface area contributed by atoms with E-state index in [1.54, 1.807) is 42.6 Å². The molecule has 3 aromatic carbocycles.